The van der Waals surface area contributed by atoms with E-state index in [9.17, 15) is 4.79 Å². The molecule has 3 aliphatic heterocycles. The van der Waals surface area contributed by atoms with Crippen molar-refractivity contribution in [2.75, 3.05) is 50.8 Å². The smallest absolute Gasteiger partial charge is 0.240 e. The zero-order valence-electron chi connectivity index (χ0n) is 12.4. The predicted molar refractivity (Wildman–Crippen MR) is 84.1 cm³/mol. The number of carbonyl (C=O) groups excluding carboxylic acids is 1. The van der Waals surface area contributed by atoms with Crippen LogP contribution in [-0.2, 0) is 4.79 Å². The van der Waals surface area contributed by atoms with Crippen molar-refractivity contribution < 1.29 is 4.79 Å². The molecule has 3 rings (SSSR count). The molecule has 0 aliphatic carbocycles. The number of nitrogens with one attached hydrogen (secondary N) is 1. The number of hydrogen-bond acceptors (Lipinski definition) is 4. The highest BCUT2D eigenvalue weighted by atomic mass is 32.2. The number of piperidine rings is 1. The third-order valence-electron chi connectivity index (χ3n) is 4.86. The van der Waals surface area contributed by atoms with Crippen LogP contribution in [0.2, 0.25) is 0 Å². The first-order valence-corrected chi connectivity index (χ1v) is 9.30. The van der Waals surface area contributed by atoms with Crippen LogP contribution < -0.4 is 5.32 Å². The molecule has 20 heavy (non-hydrogen) atoms. The minimum absolute atomic E-state index is 0.0730. The van der Waals surface area contributed by atoms with Gasteiger partial charge in [0.15, 0.2) is 0 Å². The summed E-state index contributed by atoms with van der Waals surface area (Å²) in [5.41, 5.74) is 0. The summed E-state index contributed by atoms with van der Waals surface area (Å²) >= 11 is 1.90. The Morgan fingerprint density at radius 2 is 1.90 bits per heavy atom. The van der Waals surface area contributed by atoms with Crippen molar-refractivity contribution in [3.05, 3.63) is 0 Å². The lowest BCUT2D eigenvalue weighted by molar-refractivity contribution is -0.134. The zero-order valence-corrected chi connectivity index (χ0v) is 13.2. The van der Waals surface area contributed by atoms with E-state index >= 15 is 0 Å². The van der Waals surface area contributed by atoms with E-state index in [1.54, 1.807) is 0 Å². The molecule has 0 radical (unpaired) electrons. The van der Waals surface area contributed by atoms with Gasteiger partial charge in [0, 0.05) is 37.7 Å². The van der Waals surface area contributed by atoms with Crippen LogP contribution in [0.1, 0.15) is 25.7 Å². The van der Waals surface area contributed by atoms with Gasteiger partial charge in [-0.15, -0.1) is 0 Å². The second kappa shape index (κ2) is 7.14. The van der Waals surface area contributed by atoms with E-state index in [-0.39, 0.29) is 6.04 Å². The van der Waals surface area contributed by atoms with Gasteiger partial charge >= 0.3 is 0 Å². The molecule has 0 aromatic heterocycles. The maximum atomic E-state index is 12.4. The fourth-order valence-electron chi connectivity index (χ4n) is 3.61. The van der Waals surface area contributed by atoms with Gasteiger partial charge in [-0.25, -0.2) is 0 Å². The molecule has 0 saturated carbocycles. The number of amides is 1. The van der Waals surface area contributed by atoms with Gasteiger partial charge in [0.05, 0.1) is 6.04 Å². The summed E-state index contributed by atoms with van der Waals surface area (Å²) in [6.07, 6.45) is 5.15. The van der Waals surface area contributed by atoms with Crippen molar-refractivity contribution in [2.24, 2.45) is 5.92 Å². The van der Waals surface area contributed by atoms with Crippen LogP contribution in [0.5, 0.6) is 0 Å². The molecule has 0 spiro atoms. The maximum absolute atomic E-state index is 12.4. The van der Waals surface area contributed by atoms with Crippen LogP contribution in [0.25, 0.3) is 0 Å². The molecular weight excluding hydrogens is 270 g/mol. The number of hydrogen-bond donors (Lipinski definition) is 1. The van der Waals surface area contributed by atoms with E-state index in [0.717, 1.165) is 37.1 Å². The van der Waals surface area contributed by atoms with E-state index in [0.29, 0.717) is 5.91 Å². The van der Waals surface area contributed by atoms with Crippen molar-refractivity contribution in [1.82, 2.24) is 15.1 Å². The lowest BCUT2D eigenvalue weighted by Crippen LogP contribution is -2.52. The standard InChI is InChI=1S/C15H27N3OS/c19-15(14-12-20-10-5-16-14)18-8-3-13(4-9-18)11-17-6-1-2-7-17/h13-14,16H,1-12H2. The van der Waals surface area contributed by atoms with E-state index in [1.807, 2.05) is 11.8 Å². The normalized spacial score (nSPS) is 29.8. The molecule has 0 aromatic carbocycles. The Morgan fingerprint density at radius 1 is 1.15 bits per heavy atom. The third kappa shape index (κ3) is 3.68. The lowest BCUT2D eigenvalue weighted by atomic mass is 9.96. The average molecular weight is 297 g/mol. The Bertz CT molecular complexity index is 319. The molecule has 1 atom stereocenters. The highest BCUT2D eigenvalue weighted by Gasteiger charge is 2.29. The highest BCUT2D eigenvalue weighted by Crippen LogP contribution is 2.22. The molecule has 3 heterocycles. The summed E-state index contributed by atoms with van der Waals surface area (Å²) in [4.78, 5) is 17.2. The van der Waals surface area contributed by atoms with E-state index in [1.165, 1.54) is 45.3 Å². The monoisotopic (exact) mass is 297 g/mol. The predicted octanol–water partition coefficient (Wildman–Crippen LogP) is 1.03. The van der Waals surface area contributed by atoms with Crippen molar-refractivity contribution in [2.45, 2.75) is 31.7 Å². The van der Waals surface area contributed by atoms with Crippen molar-refractivity contribution in [3.63, 3.8) is 0 Å². The Labute approximate surface area is 126 Å². The van der Waals surface area contributed by atoms with E-state index in [2.05, 4.69) is 15.1 Å². The van der Waals surface area contributed by atoms with Gasteiger partial charge in [-0.05, 0) is 44.7 Å². The van der Waals surface area contributed by atoms with Crippen LogP contribution in [0.3, 0.4) is 0 Å². The molecule has 1 N–H and O–H groups in total. The van der Waals surface area contributed by atoms with Crippen molar-refractivity contribution >= 4 is 17.7 Å². The lowest BCUT2D eigenvalue weighted by Gasteiger charge is -2.36. The van der Waals surface area contributed by atoms with Gasteiger partial charge in [0.1, 0.15) is 0 Å². The van der Waals surface area contributed by atoms with Gasteiger partial charge in [0.2, 0.25) is 5.91 Å². The molecule has 1 unspecified atom stereocenters. The maximum Gasteiger partial charge on any atom is 0.240 e. The molecule has 3 fully saturated rings. The summed E-state index contributed by atoms with van der Waals surface area (Å²) < 4.78 is 0. The number of thioether (sulfide) groups is 1. The van der Waals surface area contributed by atoms with Gasteiger partial charge in [-0.2, -0.15) is 11.8 Å². The van der Waals surface area contributed by atoms with Crippen LogP contribution in [-0.4, -0.2) is 72.5 Å². The minimum atomic E-state index is 0.0730. The molecule has 1 amide bonds. The molecule has 0 bridgehead atoms. The molecule has 3 aliphatic rings. The molecule has 4 nitrogen and oxygen atoms in total. The summed E-state index contributed by atoms with van der Waals surface area (Å²) in [5.74, 6) is 3.25. The van der Waals surface area contributed by atoms with Gasteiger partial charge in [0.25, 0.3) is 0 Å². The largest absolute Gasteiger partial charge is 0.341 e. The number of rotatable bonds is 3. The average Bonchev–Trinajstić information content (AvgIpc) is 3.01. The fourth-order valence-corrected chi connectivity index (χ4v) is 4.54. The first-order valence-electron chi connectivity index (χ1n) is 8.15. The Kier molecular flexibility index (Phi) is 5.24. The SMILES string of the molecule is O=C(C1CSCCN1)N1CCC(CN2CCCC2)CC1. The fraction of sp³-hybridized carbons (Fsp3) is 0.933. The first-order chi connectivity index (χ1) is 9.83. The molecule has 114 valence electrons. The van der Waals surface area contributed by atoms with Crippen molar-refractivity contribution in [1.29, 1.82) is 0 Å². The third-order valence-corrected chi connectivity index (χ3v) is 5.92. The summed E-state index contributed by atoms with van der Waals surface area (Å²) in [7, 11) is 0. The zero-order chi connectivity index (χ0) is 13.8. The molecular formula is C15H27N3OS. The number of likely N-dealkylation sites (tertiary alicyclic amines) is 2. The van der Waals surface area contributed by atoms with Gasteiger partial charge in [-0.3, -0.25) is 4.79 Å². The van der Waals surface area contributed by atoms with Crippen LogP contribution in [0, 0.1) is 5.92 Å². The van der Waals surface area contributed by atoms with Crippen LogP contribution in [0.4, 0.5) is 0 Å². The minimum Gasteiger partial charge on any atom is -0.341 e. The van der Waals surface area contributed by atoms with E-state index < -0.39 is 0 Å². The van der Waals surface area contributed by atoms with Gasteiger partial charge in [-0.1, -0.05) is 0 Å². The Morgan fingerprint density at radius 3 is 2.55 bits per heavy atom. The first kappa shape index (κ1) is 14.7. The second-order valence-corrected chi connectivity index (χ2v) is 7.51. The molecule has 0 aromatic rings. The quantitative estimate of drug-likeness (QED) is 0.844. The highest BCUT2D eigenvalue weighted by molar-refractivity contribution is 7.99. The number of nitrogens with zero attached hydrogens (tertiary/aromatic N) is 2. The second-order valence-electron chi connectivity index (χ2n) is 6.36. The van der Waals surface area contributed by atoms with Crippen molar-refractivity contribution in [3.8, 4) is 0 Å². The molecule has 3 saturated heterocycles. The summed E-state index contributed by atoms with van der Waals surface area (Å²) in [5, 5.41) is 3.37. The van der Waals surface area contributed by atoms with Crippen LogP contribution >= 0.6 is 11.8 Å². The summed E-state index contributed by atoms with van der Waals surface area (Å²) in [6.45, 7) is 6.77. The van der Waals surface area contributed by atoms with Crippen LogP contribution in [0.15, 0.2) is 0 Å². The van der Waals surface area contributed by atoms with E-state index in [4.69, 9.17) is 0 Å². The molecule has 5 heteroatoms. The Balaban J connectivity index is 1.41. The summed E-state index contributed by atoms with van der Waals surface area (Å²) in [6, 6.07) is 0.0730. The Hall–Kier alpha value is -0.260. The topological polar surface area (TPSA) is 35.6 Å². The number of carbonyl (C=O) groups is 1. The van der Waals surface area contributed by atoms with Gasteiger partial charge < -0.3 is 15.1 Å².